The first kappa shape index (κ1) is 18.4. The summed E-state index contributed by atoms with van der Waals surface area (Å²) in [5, 5.41) is 3.19. The van der Waals surface area contributed by atoms with Crippen LogP contribution in [-0.4, -0.2) is 31.6 Å². The summed E-state index contributed by atoms with van der Waals surface area (Å²) in [5.74, 6) is -1.28. The lowest BCUT2D eigenvalue weighted by atomic mass is 10.1. The van der Waals surface area contributed by atoms with Crippen LogP contribution in [0.15, 0.2) is 0 Å². The van der Waals surface area contributed by atoms with Crippen LogP contribution in [-0.2, 0) is 31.9 Å². The Balaban J connectivity index is 2.13. The highest BCUT2D eigenvalue weighted by Crippen LogP contribution is 2.37. The van der Waals surface area contributed by atoms with Gasteiger partial charge >= 0.3 is 11.9 Å². The molecule has 1 heterocycles. The van der Waals surface area contributed by atoms with Gasteiger partial charge in [0, 0.05) is 11.3 Å². The largest absolute Gasteiger partial charge is 0.465 e. The Hall–Kier alpha value is -1.89. The van der Waals surface area contributed by atoms with Crippen molar-refractivity contribution in [3.05, 3.63) is 16.0 Å². The predicted molar refractivity (Wildman–Crippen MR) is 91.4 cm³/mol. The van der Waals surface area contributed by atoms with Crippen molar-refractivity contribution in [2.24, 2.45) is 0 Å². The average molecular weight is 353 g/mol. The van der Waals surface area contributed by atoms with E-state index in [1.165, 1.54) is 18.4 Å². The molecule has 1 aromatic rings. The van der Waals surface area contributed by atoms with E-state index < -0.39 is 17.8 Å². The van der Waals surface area contributed by atoms with Crippen LogP contribution in [0.2, 0.25) is 0 Å². The van der Waals surface area contributed by atoms with Crippen LogP contribution in [0.4, 0.5) is 5.00 Å². The van der Waals surface area contributed by atoms with Gasteiger partial charge in [-0.25, -0.2) is 4.79 Å². The number of thiophene rings is 1. The summed E-state index contributed by atoms with van der Waals surface area (Å²) in [6, 6.07) is 0. The Labute approximate surface area is 145 Å². The number of ether oxygens (including phenoxy) is 2. The lowest BCUT2D eigenvalue weighted by molar-refractivity contribution is -0.147. The van der Waals surface area contributed by atoms with Gasteiger partial charge in [-0.1, -0.05) is 13.3 Å². The van der Waals surface area contributed by atoms with Crippen LogP contribution in [0.25, 0.3) is 0 Å². The van der Waals surface area contributed by atoms with Crippen LogP contribution in [0.3, 0.4) is 0 Å². The molecule has 6 nitrogen and oxygen atoms in total. The normalized spacial score (nSPS) is 13.6. The van der Waals surface area contributed by atoms with Crippen LogP contribution in [0.5, 0.6) is 0 Å². The number of hydrogen-bond donors (Lipinski definition) is 1. The molecule has 1 N–H and O–H groups in total. The van der Waals surface area contributed by atoms with E-state index in [0.717, 1.165) is 42.5 Å². The van der Waals surface area contributed by atoms with Gasteiger partial charge in [-0.05, 0) is 37.7 Å². The average Bonchev–Trinajstić information content (AvgIpc) is 2.74. The zero-order chi connectivity index (χ0) is 17.5. The molecule has 0 saturated heterocycles. The number of nitrogens with one attached hydrogen (secondary N) is 1. The molecule has 132 valence electrons. The van der Waals surface area contributed by atoms with Crippen molar-refractivity contribution in [3.8, 4) is 0 Å². The number of hydrogen-bond acceptors (Lipinski definition) is 6. The summed E-state index contributed by atoms with van der Waals surface area (Å²) >= 11 is 1.42. The Morgan fingerprint density at radius 1 is 1.17 bits per heavy atom. The van der Waals surface area contributed by atoms with Crippen molar-refractivity contribution in [2.75, 3.05) is 19.0 Å². The zero-order valence-corrected chi connectivity index (χ0v) is 14.9. The van der Waals surface area contributed by atoms with Crippen LogP contribution < -0.4 is 5.32 Å². The number of fused-ring (bicyclic) bond motifs is 1. The van der Waals surface area contributed by atoms with Crippen molar-refractivity contribution in [1.29, 1.82) is 0 Å². The first-order valence-corrected chi connectivity index (χ1v) is 9.06. The molecule has 0 bridgehead atoms. The topological polar surface area (TPSA) is 81.7 Å². The molecule has 0 aromatic carbocycles. The number of methoxy groups -OCH3 is 1. The van der Waals surface area contributed by atoms with E-state index in [1.54, 1.807) is 0 Å². The second-order valence-electron chi connectivity index (χ2n) is 5.72. The molecule has 1 aliphatic carbocycles. The molecule has 1 aromatic heterocycles. The van der Waals surface area contributed by atoms with E-state index in [-0.39, 0.29) is 13.0 Å². The van der Waals surface area contributed by atoms with Crippen LogP contribution in [0, 0.1) is 0 Å². The molecule has 0 radical (unpaired) electrons. The lowest BCUT2D eigenvalue weighted by Crippen LogP contribution is -2.21. The summed E-state index contributed by atoms with van der Waals surface area (Å²) in [7, 11) is 1.33. The second-order valence-corrected chi connectivity index (χ2v) is 6.82. The Bertz CT molecular complexity index is 623. The predicted octanol–water partition coefficient (Wildman–Crippen LogP) is 3.09. The van der Waals surface area contributed by atoms with Crippen LogP contribution >= 0.6 is 11.3 Å². The summed E-state index contributed by atoms with van der Waals surface area (Å²) in [5.41, 5.74) is 1.44. The Morgan fingerprint density at radius 3 is 2.62 bits per heavy atom. The number of carbonyl (C=O) groups is 3. The molecule has 0 fully saturated rings. The van der Waals surface area contributed by atoms with Crippen molar-refractivity contribution in [1.82, 2.24) is 0 Å². The lowest BCUT2D eigenvalue weighted by Gasteiger charge is -2.08. The highest BCUT2D eigenvalue weighted by molar-refractivity contribution is 7.17. The summed E-state index contributed by atoms with van der Waals surface area (Å²) < 4.78 is 9.79. The maximum absolute atomic E-state index is 12.2. The van der Waals surface area contributed by atoms with E-state index in [4.69, 9.17) is 9.47 Å². The highest BCUT2D eigenvalue weighted by atomic mass is 32.1. The minimum absolute atomic E-state index is 0.286. The van der Waals surface area contributed by atoms with Gasteiger partial charge in [0.25, 0.3) is 5.91 Å². The van der Waals surface area contributed by atoms with E-state index >= 15 is 0 Å². The van der Waals surface area contributed by atoms with E-state index in [9.17, 15) is 14.4 Å². The molecular weight excluding hydrogens is 330 g/mol. The fraction of sp³-hybridized carbons (Fsp3) is 0.588. The molecular formula is C17H23NO5S. The number of rotatable bonds is 6. The minimum Gasteiger partial charge on any atom is -0.465 e. The number of anilines is 1. The molecule has 0 spiro atoms. The van der Waals surface area contributed by atoms with Crippen molar-refractivity contribution < 1.29 is 23.9 Å². The number of esters is 2. The standard InChI is InChI=1S/C17H23NO5S/c1-3-7-14(20)23-10-13(19)18-16-15(17(21)22-2)11-8-5-4-6-9-12(11)24-16/h3-10H2,1-2H3,(H,18,19). The Kier molecular flexibility index (Phi) is 6.78. The van der Waals surface area contributed by atoms with E-state index in [0.29, 0.717) is 17.0 Å². The highest BCUT2D eigenvalue weighted by Gasteiger charge is 2.26. The summed E-state index contributed by atoms with van der Waals surface area (Å²) in [6.45, 7) is 1.52. The van der Waals surface area contributed by atoms with Crippen molar-refractivity contribution in [2.45, 2.75) is 51.9 Å². The third-order valence-electron chi connectivity index (χ3n) is 3.88. The van der Waals surface area contributed by atoms with Gasteiger partial charge in [0.05, 0.1) is 12.7 Å². The molecule has 24 heavy (non-hydrogen) atoms. The van der Waals surface area contributed by atoms with Gasteiger partial charge in [0.2, 0.25) is 0 Å². The first-order chi connectivity index (χ1) is 11.6. The van der Waals surface area contributed by atoms with Gasteiger partial charge in [-0.3, -0.25) is 9.59 Å². The van der Waals surface area contributed by atoms with Crippen LogP contribution in [0.1, 0.15) is 59.8 Å². The maximum atomic E-state index is 12.2. The molecule has 2 rings (SSSR count). The summed E-state index contributed by atoms with van der Waals surface area (Å²) in [6.07, 6.45) is 5.92. The van der Waals surface area contributed by atoms with Gasteiger partial charge in [-0.15, -0.1) is 11.3 Å². The van der Waals surface area contributed by atoms with E-state index in [2.05, 4.69) is 5.32 Å². The molecule has 1 aliphatic rings. The molecule has 0 unspecified atom stereocenters. The third kappa shape index (κ3) is 4.56. The molecule has 0 saturated carbocycles. The summed E-state index contributed by atoms with van der Waals surface area (Å²) in [4.78, 5) is 36.7. The van der Waals surface area contributed by atoms with Crippen molar-refractivity contribution >= 4 is 34.2 Å². The maximum Gasteiger partial charge on any atom is 0.341 e. The second kappa shape index (κ2) is 8.82. The van der Waals surface area contributed by atoms with Gasteiger partial charge < -0.3 is 14.8 Å². The van der Waals surface area contributed by atoms with E-state index in [1.807, 2.05) is 6.92 Å². The number of carbonyl (C=O) groups excluding carboxylic acids is 3. The SMILES string of the molecule is CCCC(=O)OCC(=O)Nc1sc2c(c1C(=O)OC)CCCCC2. The fourth-order valence-corrected chi connectivity index (χ4v) is 4.03. The molecule has 0 aliphatic heterocycles. The van der Waals surface area contributed by atoms with Gasteiger partial charge in [-0.2, -0.15) is 0 Å². The molecule has 7 heteroatoms. The number of amides is 1. The van der Waals surface area contributed by atoms with Gasteiger partial charge in [0.15, 0.2) is 6.61 Å². The smallest absolute Gasteiger partial charge is 0.341 e. The monoisotopic (exact) mass is 353 g/mol. The quantitative estimate of drug-likeness (QED) is 0.628. The Morgan fingerprint density at radius 2 is 1.92 bits per heavy atom. The van der Waals surface area contributed by atoms with Crippen molar-refractivity contribution in [3.63, 3.8) is 0 Å². The zero-order valence-electron chi connectivity index (χ0n) is 14.1. The number of aryl methyl sites for hydroxylation is 1. The minimum atomic E-state index is -0.444. The fourth-order valence-electron chi connectivity index (χ4n) is 2.73. The third-order valence-corrected chi connectivity index (χ3v) is 5.09. The molecule has 0 atom stereocenters. The first-order valence-electron chi connectivity index (χ1n) is 8.25. The van der Waals surface area contributed by atoms with Gasteiger partial charge in [0.1, 0.15) is 5.00 Å². The molecule has 1 amide bonds.